The Hall–Kier alpha value is -4.62. The average Bonchev–Trinajstić information content (AvgIpc) is 3.37. The number of fused-ring (bicyclic) bond motifs is 5. The van der Waals surface area contributed by atoms with Crippen molar-refractivity contribution in [2.45, 2.75) is 69.6 Å². The minimum Gasteiger partial charge on any atom is -0.457 e. The minimum absolute atomic E-state index is 0.00297. The Morgan fingerprint density at radius 1 is 1.11 bits per heavy atom. The van der Waals surface area contributed by atoms with E-state index in [4.69, 9.17) is 14.5 Å². The lowest BCUT2D eigenvalue weighted by atomic mass is 9.85. The molecule has 4 aromatic rings. The fraction of sp³-hybridized carbons (Fsp3) is 0.324. The van der Waals surface area contributed by atoms with Gasteiger partial charge >= 0.3 is 11.9 Å². The molecule has 4 heterocycles. The van der Waals surface area contributed by atoms with Gasteiger partial charge in [-0.25, -0.2) is 23.0 Å². The highest BCUT2D eigenvalue weighted by Gasteiger charge is 2.50. The first-order chi connectivity index (χ1) is 22.2. The summed E-state index contributed by atoms with van der Waals surface area (Å²) >= 11 is 0. The number of cyclic esters (lactones) is 1. The summed E-state index contributed by atoms with van der Waals surface area (Å²) in [7, 11) is -5.88. The number of hydrogen-bond donors (Lipinski definition) is 1. The van der Waals surface area contributed by atoms with Gasteiger partial charge in [0.05, 0.1) is 42.0 Å². The van der Waals surface area contributed by atoms with E-state index >= 15 is 0 Å². The zero-order valence-corrected chi connectivity index (χ0v) is 28.7. The fourth-order valence-corrected chi connectivity index (χ4v) is 8.42. The number of benzene rings is 2. The summed E-state index contributed by atoms with van der Waals surface area (Å²) in [6, 6.07) is 18.1. The Morgan fingerprint density at radius 3 is 2.53 bits per heavy atom. The number of nitrogens with zero attached hydrogens (tertiary/aromatic N) is 3. The van der Waals surface area contributed by atoms with E-state index in [1.54, 1.807) is 29.7 Å². The number of rotatable bonds is 8. The second-order valence-electron chi connectivity index (χ2n) is 13.2. The van der Waals surface area contributed by atoms with Gasteiger partial charge in [-0.1, -0.05) is 62.5 Å². The molecule has 0 bridgehead atoms. The molecule has 6 rings (SSSR count). The van der Waals surface area contributed by atoms with E-state index in [0.29, 0.717) is 24.0 Å². The van der Waals surface area contributed by atoms with Gasteiger partial charge in [-0.3, -0.25) is 14.5 Å². The topological polar surface area (TPSA) is 146 Å². The lowest BCUT2D eigenvalue weighted by molar-refractivity contribution is -0.188. The van der Waals surface area contributed by atoms with Crippen molar-refractivity contribution in [3.8, 4) is 11.4 Å². The lowest BCUT2D eigenvalue weighted by Gasteiger charge is -2.35. The van der Waals surface area contributed by atoms with Crippen molar-refractivity contribution in [3.05, 3.63) is 93.3 Å². The molecule has 0 saturated carbocycles. The molecule has 0 fully saturated rings. The van der Waals surface area contributed by atoms with E-state index in [1.165, 1.54) is 12.1 Å². The van der Waals surface area contributed by atoms with Crippen molar-refractivity contribution < 1.29 is 27.5 Å². The van der Waals surface area contributed by atoms with Crippen molar-refractivity contribution in [1.82, 2.24) is 14.3 Å². The van der Waals surface area contributed by atoms with Crippen LogP contribution in [0.15, 0.2) is 75.3 Å². The minimum atomic E-state index is -3.97. The van der Waals surface area contributed by atoms with Crippen LogP contribution in [0.2, 0.25) is 25.7 Å². The molecule has 2 aliphatic rings. The van der Waals surface area contributed by atoms with Crippen LogP contribution >= 0.6 is 0 Å². The molecular weight excluding hydrogens is 637 g/mol. The van der Waals surface area contributed by atoms with E-state index in [0.717, 1.165) is 22.0 Å². The van der Waals surface area contributed by atoms with Crippen molar-refractivity contribution in [3.63, 3.8) is 0 Å². The van der Waals surface area contributed by atoms with Crippen molar-refractivity contribution >= 4 is 46.8 Å². The smallest absolute Gasteiger partial charge is 0.355 e. The van der Waals surface area contributed by atoms with Crippen LogP contribution in [0.1, 0.15) is 35.6 Å². The van der Waals surface area contributed by atoms with E-state index < -0.39 is 42.2 Å². The highest BCUT2D eigenvalue weighted by atomic mass is 32.2. The maximum atomic E-state index is 13.8. The number of amidine groups is 1. The average molecular weight is 673 g/mol. The van der Waals surface area contributed by atoms with Gasteiger partial charge in [-0.2, -0.15) is 0 Å². The predicted molar refractivity (Wildman–Crippen MR) is 180 cm³/mol. The molecule has 0 aliphatic carbocycles. The van der Waals surface area contributed by atoms with Crippen LogP contribution in [0.3, 0.4) is 0 Å². The molecular formula is C34H36N4O7SSi. The van der Waals surface area contributed by atoms with Crippen LogP contribution < -0.4 is 10.3 Å². The molecule has 2 aromatic carbocycles. The molecule has 1 N–H and O–H groups in total. The van der Waals surface area contributed by atoms with Gasteiger partial charge in [-0.05, 0) is 43.7 Å². The molecule has 0 saturated heterocycles. The van der Waals surface area contributed by atoms with Gasteiger partial charge in [0, 0.05) is 22.6 Å². The van der Waals surface area contributed by atoms with Crippen LogP contribution in [0.5, 0.6) is 0 Å². The SMILES string of the molecule is CC[C@@]1(OC(=O)CN=C(C[Si](C)(C)C)NS(=O)(=O)c2ccc(C)cc2)C(=O)OCc2c1cc1n(c2=O)Cc2cc3ccccc3nc2-1. The summed E-state index contributed by atoms with van der Waals surface area (Å²) in [6.45, 7) is 9.19. The Balaban J connectivity index is 1.33. The van der Waals surface area contributed by atoms with Gasteiger partial charge in [0.25, 0.3) is 15.6 Å². The predicted octanol–water partition coefficient (Wildman–Crippen LogP) is 4.65. The fourth-order valence-electron chi connectivity index (χ4n) is 6.03. The number of hydrogen-bond acceptors (Lipinski definition) is 9. The molecule has 11 nitrogen and oxygen atoms in total. The Labute approximate surface area is 273 Å². The van der Waals surface area contributed by atoms with Crippen molar-refractivity contribution in [2.24, 2.45) is 4.99 Å². The second-order valence-corrected chi connectivity index (χ2v) is 20.3. The monoisotopic (exact) mass is 672 g/mol. The van der Waals surface area contributed by atoms with Crippen LogP contribution in [-0.2, 0) is 47.8 Å². The molecule has 0 amide bonds. The highest BCUT2D eigenvalue weighted by molar-refractivity contribution is 7.90. The molecule has 0 unspecified atom stereocenters. The summed E-state index contributed by atoms with van der Waals surface area (Å²) in [6.07, 6.45) is -0.00297. The Kier molecular flexibility index (Phi) is 8.17. The van der Waals surface area contributed by atoms with E-state index in [1.807, 2.05) is 37.3 Å². The zero-order chi connectivity index (χ0) is 33.7. The number of nitrogens with one attached hydrogen (secondary N) is 1. The first-order valence-corrected chi connectivity index (χ1v) is 20.6. The van der Waals surface area contributed by atoms with Crippen molar-refractivity contribution in [1.29, 1.82) is 0 Å². The van der Waals surface area contributed by atoms with Gasteiger partial charge in [0.2, 0.25) is 5.60 Å². The third kappa shape index (κ3) is 6.12. The van der Waals surface area contributed by atoms with Crippen LogP contribution in [0.4, 0.5) is 0 Å². The number of aryl methyl sites for hydroxylation is 1. The standard InChI is InChI=1S/C34H36N4O7SSi/c1-6-34(45-30(39)17-35-29(20-47(3,4)5)37-46(42,43)24-13-11-21(2)12-14-24)26-16-28-31-23(15-22-9-7-8-10-27(22)36-31)18-38(28)32(40)25(26)19-44-33(34)41/h7-16H,6,17-20H2,1-5H3,(H,35,37)/t34-/m0/s1. The summed E-state index contributed by atoms with van der Waals surface area (Å²) in [5.74, 6) is -1.53. The van der Waals surface area contributed by atoms with Crippen LogP contribution in [-0.4, -0.2) is 50.4 Å². The number of aromatic nitrogens is 2. The Morgan fingerprint density at radius 2 is 1.83 bits per heavy atom. The third-order valence-corrected chi connectivity index (χ3v) is 11.1. The molecule has 0 radical (unpaired) electrons. The summed E-state index contributed by atoms with van der Waals surface area (Å²) in [4.78, 5) is 49.9. The number of carbonyl (C=O) groups is 2. The van der Waals surface area contributed by atoms with Crippen LogP contribution in [0.25, 0.3) is 22.3 Å². The maximum absolute atomic E-state index is 13.8. The van der Waals surface area contributed by atoms with Crippen LogP contribution in [0, 0.1) is 6.92 Å². The molecule has 47 heavy (non-hydrogen) atoms. The molecule has 0 spiro atoms. The number of sulfonamides is 1. The van der Waals surface area contributed by atoms with Crippen molar-refractivity contribution in [2.75, 3.05) is 6.54 Å². The number of esters is 2. The number of carbonyl (C=O) groups excluding carboxylic acids is 2. The van der Waals surface area contributed by atoms with Gasteiger partial charge in [-0.15, -0.1) is 0 Å². The number of pyridine rings is 2. The van der Waals surface area contributed by atoms with E-state index in [2.05, 4.69) is 29.4 Å². The molecule has 2 aromatic heterocycles. The summed E-state index contributed by atoms with van der Waals surface area (Å²) in [5.41, 5.74) is 1.95. The Bertz CT molecular complexity index is 2140. The molecule has 2 aliphatic heterocycles. The first-order valence-electron chi connectivity index (χ1n) is 15.4. The van der Waals surface area contributed by atoms with E-state index in [9.17, 15) is 22.8 Å². The number of aliphatic imine (C=N–C) groups is 1. The second kappa shape index (κ2) is 11.9. The lowest BCUT2D eigenvalue weighted by Crippen LogP contribution is -2.48. The normalized spacial score (nSPS) is 17.5. The van der Waals surface area contributed by atoms with Gasteiger partial charge in [0.1, 0.15) is 19.0 Å². The summed E-state index contributed by atoms with van der Waals surface area (Å²) < 4.78 is 41.8. The first kappa shape index (κ1) is 32.3. The van der Waals surface area contributed by atoms with Gasteiger partial charge < -0.3 is 14.0 Å². The quantitative estimate of drug-likeness (QED) is 0.109. The number of ether oxygens (including phenoxy) is 2. The summed E-state index contributed by atoms with van der Waals surface area (Å²) in [5, 5.41) is 0.947. The third-order valence-electron chi connectivity index (χ3n) is 8.35. The van der Waals surface area contributed by atoms with Gasteiger partial charge in [0.15, 0.2) is 0 Å². The molecule has 244 valence electrons. The zero-order valence-electron chi connectivity index (χ0n) is 26.9. The molecule has 13 heteroatoms. The molecule has 1 atom stereocenters. The number of para-hydroxylation sites is 1. The van der Waals surface area contributed by atoms with E-state index in [-0.39, 0.29) is 40.4 Å². The highest BCUT2D eigenvalue weighted by Crippen LogP contribution is 2.41. The largest absolute Gasteiger partial charge is 0.457 e. The maximum Gasteiger partial charge on any atom is 0.355 e.